The highest BCUT2D eigenvalue weighted by molar-refractivity contribution is 8.15. The molecular weight excluding hydrogens is 416 g/mol. The molecule has 1 saturated heterocycles. The van der Waals surface area contributed by atoms with E-state index >= 15 is 0 Å². The van der Waals surface area contributed by atoms with Crippen LogP contribution in [-0.2, 0) is 27.2 Å². The fourth-order valence-corrected chi connectivity index (χ4v) is 3.61. The fourth-order valence-electron chi connectivity index (χ4n) is 2.75. The zero-order chi connectivity index (χ0) is 20.1. The molecule has 2 aromatic rings. The number of methoxy groups -OCH3 is 1. The van der Waals surface area contributed by atoms with Gasteiger partial charge in [0.1, 0.15) is 17.5 Å². The van der Waals surface area contributed by atoms with Gasteiger partial charge in [-0.15, -0.1) is 12.4 Å². The first-order valence-corrected chi connectivity index (χ1v) is 9.53. The van der Waals surface area contributed by atoms with Gasteiger partial charge in [0.05, 0.1) is 12.4 Å². The van der Waals surface area contributed by atoms with Crippen LogP contribution in [0.2, 0.25) is 0 Å². The number of carbonyl (C=O) groups is 3. The predicted molar refractivity (Wildman–Crippen MR) is 113 cm³/mol. The molecule has 9 heteroatoms. The fraction of sp³-hybridized carbons (Fsp3) is 0.250. The Bertz CT molecular complexity index is 873. The van der Waals surface area contributed by atoms with Gasteiger partial charge in [0, 0.05) is 0 Å². The van der Waals surface area contributed by atoms with Gasteiger partial charge in [0.15, 0.2) is 0 Å². The molecule has 3 rings (SSSR count). The van der Waals surface area contributed by atoms with Gasteiger partial charge in [-0.05, 0) is 48.2 Å². The summed E-state index contributed by atoms with van der Waals surface area (Å²) in [5, 5.41) is 1.60. The van der Waals surface area contributed by atoms with Crippen molar-refractivity contribution in [2.24, 2.45) is 5.73 Å². The van der Waals surface area contributed by atoms with E-state index < -0.39 is 12.0 Å². The highest BCUT2D eigenvalue weighted by Crippen LogP contribution is 2.26. The van der Waals surface area contributed by atoms with Crippen LogP contribution in [0.15, 0.2) is 48.5 Å². The Balaban J connectivity index is 0.00000300. The molecule has 1 fully saturated rings. The summed E-state index contributed by atoms with van der Waals surface area (Å²) < 4.78 is 10.4. The topological polar surface area (TPSA) is 108 Å². The average Bonchev–Trinajstić information content (AvgIpc) is 3.01. The van der Waals surface area contributed by atoms with Crippen LogP contribution in [0.4, 0.5) is 4.79 Å². The van der Waals surface area contributed by atoms with E-state index in [0.717, 1.165) is 22.9 Å². The SMILES string of the molecule is COC(=O)C(N)Cc1ccc(Oc2ccc(CC3SC(=O)NC3=O)cc2)cc1.Cl. The van der Waals surface area contributed by atoms with Crippen LogP contribution >= 0.6 is 24.2 Å². The molecule has 0 aromatic heterocycles. The summed E-state index contributed by atoms with van der Waals surface area (Å²) in [4.78, 5) is 34.2. The van der Waals surface area contributed by atoms with Crippen LogP contribution in [0, 0.1) is 0 Å². The van der Waals surface area contributed by atoms with Crippen molar-refractivity contribution < 1.29 is 23.9 Å². The molecule has 2 atom stereocenters. The summed E-state index contributed by atoms with van der Waals surface area (Å²) in [6.45, 7) is 0. The van der Waals surface area contributed by atoms with Gasteiger partial charge in [0.2, 0.25) is 5.91 Å². The number of carbonyl (C=O) groups excluding carboxylic acids is 3. The van der Waals surface area contributed by atoms with E-state index in [2.05, 4.69) is 10.1 Å². The largest absolute Gasteiger partial charge is 0.468 e. The molecule has 0 bridgehead atoms. The van der Waals surface area contributed by atoms with Crippen molar-refractivity contribution in [3.05, 3.63) is 59.7 Å². The predicted octanol–water partition coefficient (Wildman–Crippen LogP) is 2.84. The number of nitrogens with one attached hydrogen (secondary N) is 1. The smallest absolute Gasteiger partial charge is 0.322 e. The molecular formula is C20H21ClN2O5S. The molecule has 1 aliphatic heterocycles. The van der Waals surface area contributed by atoms with Crippen molar-refractivity contribution in [3.8, 4) is 11.5 Å². The van der Waals surface area contributed by atoms with Gasteiger partial charge in [-0.2, -0.15) is 0 Å². The minimum Gasteiger partial charge on any atom is -0.468 e. The lowest BCUT2D eigenvalue weighted by atomic mass is 10.1. The lowest BCUT2D eigenvalue weighted by Crippen LogP contribution is -2.33. The highest BCUT2D eigenvalue weighted by Gasteiger charge is 2.31. The Kier molecular flexibility index (Phi) is 8.07. The minimum atomic E-state index is -0.695. The zero-order valence-electron chi connectivity index (χ0n) is 15.6. The lowest BCUT2D eigenvalue weighted by molar-refractivity contribution is -0.142. The molecule has 0 spiro atoms. The van der Waals surface area contributed by atoms with Gasteiger partial charge in [0.25, 0.3) is 5.24 Å². The first-order valence-electron chi connectivity index (χ1n) is 8.65. The van der Waals surface area contributed by atoms with Crippen LogP contribution in [0.25, 0.3) is 0 Å². The van der Waals surface area contributed by atoms with Crippen molar-refractivity contribution in [2.45, 2.75) is 24.1 Å². The van der Waals surface area contributed by atoms with Crippen LogP contribution in [0.5, 0.6) is 11.5 Å². The van der Waals surface area contributed by atoms with Crippen LogP contribution in [-0.4, -0.2) is 35.5 Å². The number of nitrogens with two attached hydrogens (primary N) is 1. The molecule has 1 heterocycles. The van der Waals surface area contributed by atoms with Gasteiger partial charge in [-0.3, -0.25) is 19.7 Å². The Morgan fingerprint density at radius 3 is 2.10 bits per heavy atom. The van der Waals surface area contributed by atoms with Crippen molar-refractivity contribution >= 4 is 41.3 Å². The molecule has 3 N–H and O–H groups in total. The summed E-state index contributed by atoms with van der Waals surface area (Å²) in [5.41, 5.74) is 7.61. The maximum absolute atomic E-state index is 11.6. The normalized spacial score (nSPS) is 16.6. The molecule has 1 aliphatic rings. The minimum absolute atomic E-state index is 0. The first kappa shape index (κ1) is 22.7. The number of hydrogen-bond acceptors (Lipinski definition) is 7. The van der Waals surface area contributed by atoms with E-state index in [9.17, 15) is 14.4 Å². The molecule has 0 radical (unpaired) electrons. The quantitative estimate of drug-likeness (QED) is 0.642. The lowest BCUT2D eigenvalue weighted by Gasteiger charge is -2.11. The summed E-state index contributed by atoms with van der Waals surface area (Å²) in [6.07, 6.45) is 0.870. The molecule has 2 unspecified atom stereocenters. The van der Waals surface area contributed by atoms with Crippen LogP contribution < -0.4 is 15.8 Å². The molecule has 0 saturated carbocycles. The van der Waals surface area contributed by atoms with E-state index in [1.165, 1.54) is 7.11 Å². The second-order valence-electron chi connectivity index (χ2n) is 6.31. The molecule has 7 nitrogen and oxygen atoms in total. The third-order valence-electron chi connectivity index (χ3n) is 4.23. The number of amides is 2. The monoisotopic (exact) mass is 436 g/mol. The second kappa shape index (κ2) is 10.3. The molecule has 2 aromatic carbocycles. The number of halogens is 1. The summed E-state index contributed by atoms with van der Waals surface area (Å²) in [7, 11) is 1.31. The van der Waals surface area contributed by atoms with Crippen molar-refractivity contribution in [1.29, 1.82) is 0 Å². The molecule has 2 amide bonds. The van der Waals surface area contributed by atoms with Gasteiger partial charge in [-0.25, -0.2) is 0 Å². The Morgan fingerprint density at radius 2 is 1.62 bits per heavy atom. The number of esters is 1. The molecule has 0 aliphatic carbocycles. The van der Waals surface area contributed by atoms with E-state index in [4.69, 9.17) is 10.5 Å². The second-order valence-corrected chi connectivity index (χ2v) is 7.49. The van der Waals surface area contributed by atoms with Crippen molar-refractivity contribution in [3.63, 3.8) is 0 Å². The summed E-state index contributed by atoms with van der Waals surface area (Å²) in [5.74, 6) is 0.613. The van der Waals surface area contributed by atoms with E-state index in [0.29, 0.717) is 24.3 Å². The number of rotatable bonds is 7. The Labute approximate surface area is 178 Å². The standard InChI is InChI=1S/C20H20N2O5S.ClH/c1-26-19(24)16(21)10-12-2-6-14(7-3-12)27-15-8-4-13(5-9-15)11-17-18(23)22-20(25)28-17;/h2-9,16-17H,10-11,21H2,1H3,(H,22,23,25);1H. The van der Waals surface area contributed by atoms with Crippen molar-refractivity contribution in [2.75, 3.05) is 7.11 Å². The van der Waals surface area contributed by atoms with E-state index in [-0.39, 0.29) is 28.8 Å². The van der Waals surface area contributed by atoms with Crippen LogP contribution in [0.3, 0.4) is 0 Å². The van der Waals surface area contributed by atoms with Crippen molar-refractivity contribution in [1.82, 2.24) is 5.32 Å². The molecule has 29 heavy (non-hydrogen) atoms. The zero-order valence-corrected chi connectivity index (χ0v) is 17.3. The first-order chi connectivity index (χ1) is 13.4. The number of ether oxygens (including phenoxy) is 2. The summed E-state index contributed by atoms with van der Waals surface area (Å²) >= 11 is 1.02. The van der Waals surface area contributed by atoms with Crippen LogP contribution in [0.1, 0.15) is 11.1 Å². The third-order valence-corrected chi connectivity index (χ3v) is 5.21. The number of hydrogen-bond donors (Lipinski definition) is 2. The number of imide groups is 1. The van der Waals surface area contributed by atoms with Gasteiger partial charge < -0.3 is 15.2 Å². The maximum Gasteiger partial charge on any atom is 0.322 e. The van der Waals surface area contributed by atoms with E-state index in [1.807, 2.05) is 36.4 Å². The molecule has 154 valence electrons. The maximum atomic E-state index is 11.6. The number of benzene rings is 2. The highest BCUT2D eigenvalue weighted by atomic mass is 35.5. The van der Waals surface area contributed by atoms with E-state index in [1.54, 1.807) is 12.1 Å². The third kappa shape index (κ3) is 6.22. The average molecular weight is 437 g/mol. The number of thioether (sulfide) groups is 1. The van der Waals surface area contributed by atoms with Gasteiger partial charge >= 0.3 is 5.97 Å². The summed E-state index contributed by atoms with van der Waals surface area (Å²) in [6, 6.07) is 14.0. The Morgan fingerprint density at radius 1 is 1.07 bits per heavy atom. The van der Waals surface area contributed by atoms with Gasteiger partial charge in [-0.1, -0.05) is 36.0 Å². The Hall–Kier alpha value is -2.55.